The summed E-state index contributed by atoms with van der Waals surface area (Å²) < 4.78 is 18.6. The van der Waals surface area contributed by atoms with E-state index in [1.165, 1.54) is 24.5 Å². The molecule has 0 bridgehead atoms. The Morgan fingerprint density at radius 3 is 2.76 bits per heavy atom. The van der Waals surface area contributed by atoms with Crippen LogP contribution in [0.25, 0.3) is 22.4 Å². The zero-order chi connectivity index (χ0) is 11.8. The molecule has 0 fully saturated rings. The summed E-state index contributed by atoms with van der Waals surface area (Å²) in [5.74, 6) is 0.585. The largest absolute Gasteiger partial charge is 0.454 e. The van der Waals surface area contributed by atoms with Crippen molar-refractivity contribution < 1.29 is 8.81 Å². The first kappa shape index (κ1) is 9.77. The summed E-state index contributed by atoms with van der Waals surface area (Å²) in [5, 5.41) is 0.693. The molecular formula is C12H8FN3O. The average Bonchev–Trinajstić information content (AvgIpc) is 2.72. The normalized spacial score (nSPS) is 10.9. The van der Waals surface area contributed by atoms with E-state index in [0.29, 0.717) is 28.2 Å². The Bertz CT molecular complexity index is 676. The lowest BCUT2D eigenvalue weighted by atomic mass is 10.2. The molecule has 0 radical (unpaired) electrons. The zero-order valence-electron chi connectivity index (χ0n) is 8.72. The number of nitrogen functional groups attached to an aromatic ring is 1. The minimum absolute atomic E-state index is 0.298. The van der Waals surface area contributed by atoms with Crippen molar-refractivity contribution in [2.75, 3.05) is 5.73 Å². The predicted octanol–water partition coefficient (Wildman–Crippen LogP) is 2.61. The second-order valence-electron chi connectivity index (χ2n) is 3.62. The molecule has 0 saturated heterocycles. The lowest BCUT2D eigenvalue weighted by Crippen LogP contribution is -1.91. The minimum atomic E-state index is -0.298. The van der Waals surface area contributed by atoms with E-state index in [9.17, 15) is 4.39 Å². The molecular weight excluding hydrogens is 221 g/mol. The van der Waals surface area contributed by atoms with Gasteiger partial charge in [-0.15, -0.1) is 0 Å². The fourth-order valence-corrected chi connectivity index (χ4v) is 1.61. The summed E-state index contributed by atoms with van der Waals surface area (Å²) in [6.07, 6.45) is 2.96. The summed E-state index contributed by atoms with van der Waals surface area (Å²) in [5.41, 5.74) is 6.62. The molecule has 0 unspecified atom stereocenters. The van der Waals surface area contributed by atoms with E-state index in [-0.39, 0.29) is 5.82 Å². The van der Waals surface area contributed by atoms with Crippen molar-refractivity contribution in [2.45, 2.75) is 0 Å². The first-order chi connectivity index (χ1) is 8.22. The Labute approximate surface area is 95.9 Å². The molecule has 17 heavy (non-hydrogen) atoms. The van der Waals surface area contributed by atoms with Gasteiger partial charge in [0.2, 0.25) is 0 Å². The molecule has 2 aromatic heterocycles. The number of rotatable bonds is 1. The molecule has 0 aliphatic carbocycles. The molecule has 2 heterocycles. The van der Waals surface area contributed by atoms with Gasteiger partial charge < -0.3 is 10.2 Å². The van der Waals surface area contributed by atoms with E-state index < -0.39 is 0 Å². The molecule has 0 aliphatic rings. The van der Waals surface area contributed by atoms with Gasteiger partial charge in [0.25, 0.3) is 0 Å². The maximum Gasteiger partial charge on any atom is 0.155 e. The van der Waals surface area contributed by atoms with Gasteiger partial charge in [-0.2, -0.15) is 0 Å². The standard InChI is InChI=1S/C12H8FN3O/c13-8-1-2-10-7(3-8)4-11(17-10)9-5-16-12(14)6-15-9/h1-6H,(H2,14,16). The molecule has 2 N–H and O–H groups in total. The molecule has 0 amide bonds. The number of halogens is 1. The number of benzene rings is 1. The van der Waals surface area contributed by atoms with E-state index in [4.69, 9.17) is 10.2 Å². The van der Waals surface area contributed by atoms with E-state index in [1.807, 2.05) is 0 Å². The third kappa shape index (κ3) is 1.71. The Morgan fingerprint density at radius 1 is 1.12 bits per heavy atom. The Morgan fingerprint density at radius 2 is 2.00 bits per heavy atom. The van der Waals surface area contributed by atoms with Crippen LogP contribution >= 0.6 is 0 Å². The summed E-state index contributed by atoms with van der Waals surface area (Å²) in [4.78, 5) is 8.02. The van der Waals surface area contributed by atoms with Crippen LogP contribution in [0.3, 0.4) is 0 Å². The van der Waals surface area contributed by atoms with Gasteiger partial charge >= 0.3 is 0 Å². The molecule has 5 heteroatoms. The minimum Gasteiger partial charge on any atom is -0.454 e. The first-order valence-electron chi connectivity index (χ1n) is 4.99. The maximum absolute atomic E-state index is 13.0. The molecule has 0 aliphatic heterocycles. The monoisotopic (exact) mass is 229 g/mol. The lowest BCUT2D eigenvalue weighted by Gasteiger charge is -1.94. The van der Waals surface area contributed by atoms with Crippen LogP contribution in [0.1, 0.15) is 0 Å². The van der Waals surface area contributed by atoms with Gasteiger partial charge in [-0.1, -0.05) is 0 Å². The fraction of sp³-hybridized carbons (Fsp3) is 0. The van der Waals surface area contributed by atoms with Crippen molar-refractivity contribution >= 4 is 16.8 Å². The van der Waals surface area contributed by atoms with Gasteiger partial charge in [0.1, 0.15) is 22.9 Å². The second kappa shape index (κ2) is 3.55. The van der Waals surface area contributed by atoms with Gasteiger partial charge in [-0.25, -0.2) is 14.4 Å². The van der Waals surface area contributed by atoms with Crippen LogP contribution in [0.15, 0.2) is 41.1 Å². The summed E-state index contributed by atoms with van der Waals surface area (Å²) in [7, 11) is 0. The zero-order valence-corrected chi connectivity index (χ0v) is 8.72. The molecule has 3 rings (SSSR count). The van der Waals surface area contributed by atoms with Gasteiger partial charge in [0.15, 0.2) is 5.76 Å². The molecule has 84 valence electrons. The molecule has 3 aromatic rings. The SMILES string of the molecule is Nc1cnc(-c2cc3cc(F)ccc3o2)cn1. The number of aromatic nitrogens is 2. The lowest BCUT2D eigenvalue weighted by molar-refractivity contribution is 0.617. The first-order valence-corrected chi connectivity index (χ1v) is 4.99. The number of nitrogens with two attached hydrogens (primary N) is 1. The van der Waals surface area contributed by atoms with E-state index in [2.05, 4.69) is 9.97 Å². The number of anilines is 1. The second-order valence-corrected chi connectivity index (χ2v) is 3.62. The number of furan rings is 1. The third-order valence-electron chi connectivity index (χ3n) is 2.40. The average molecular weight is 229 g/mol. The highest BCUT2D eigenvalue weighted by Crippen LogP contribution is 2.26. The Hall–Kier alpha value is -2.43. The van der Waals surface area contributed by atoms with Crippen LogP contribution in [0, 0.1) is 5.82 Å². The smallest absolute Gasteiger partial charge is 0.155 e. The quantitative estimate of drug-likeness (QED) is 0.696. The van der Waals surface area contributed by atoms with Gasteiger partial charge in [0.05, 0.1) is 12.4 Å². The van der Waals surface area contributed by atoms with Crippen LogP contribution in [-0.2, 0) is 0 Å². The maximum atomic E-state index is 13.0. The molecule has 0 spiro atoms. The van der Waals surface area contributed by atoms with Crippen molar-refractivity contribution in [1.82, 2.24) is 9.97 Å². The third-order valence-corrected chi connectivity index (χ3v) is 2.40. The predicted molar refractivity (Wildman–Crippen MR) is 61.6 cm³/mol. The van der Waals surface area contributed by atoms with Gasteiger partial charge in [-0.3, -0.25) is 0 Å². The van der Waals surface area contributed by atoms with Gasteiger partial charge in [-0.05, 0) is 24.3 Å². The van der Waals surface area contributed by atoms with Crippen molar-refractivity contribution in [3.63, 3.8) is 0 Å². The number of hydrogen-bond donors (Lipinski definition) is 1. The van der Waals surface area contributed by atoms with Crippen LogP contribution in [-0.4, -0.2) is 9.97 Å². The molecule has 0 atom stereocenters. The molecule has 4 nitrogen and oxygen atoms in total. The highest BCUT2D eigenvalue weighted by Gasteiger charge is 2.08. The van der Waals surface area contributed by atoms with Crippen molar-refractivity contribution in [1.29, 1.82) is 0 Å². The van der Waals surface area contributed by atoms with E-state index in [1.54, 1.807) is 12.1 Å². The summed E-state index contributed by atoms with van der Waals surface area (Å²) in [6, 6.07) is 6.06. The van der Waals surface area contributed by atoms with Crippen LogP contribution in [0.5, 0.6) is 0 Å². The highest BCUT2D eigenvalue weighted by atomic mass is 19.1. The van der Waals surface area contributed by atoms with E-state index in [0.717, 1.165) is 0 Å². The fourth-order valence-electron chi connectivity index (χ4n) is 1.61. The van der Waals surface area contributed by atoms with Crippen LogP contribution in [0.4, 0.5) is 10.2 Å². The van der Waals surface area contributed by atoms with E-state index >= 15 is 0 Å². The summed E-state index contributed by atoms with van der Waals surface area (Å²) in [6.45, 7) is 0. The summed E-state index contributed by atoms with van der Waals surface area (Å²) >= 11 is 0. The highest BCUT2D eigenvalue weighted by molar-refractivity contribution is 5.82. The molecule has 1 aromatic carbocycles. The Kier molecular flexibility index (Phi) is 2.04. The van der Waals surface area contributed by atoms with Gasteiger partial charge in [0, 0.05) is 5.39 Å². The topological polar surface area (TPSA) is 64.9 Å². The Balaban J connectivity index is 2.14. The number of hydrogen-bond acceptors (Lipinski definition) is 4. The number of nitrogens with zero attached hydrogens (tertiary/aromatic N) is 2. The van der Waals surface area contributed by atoms with Crippen molar-refractivity contribution in [2.24, 2.45) is 0 Å². The molecule has 0 saturated carbocycles. The van der Waals surface area contributed by atoms with Crippen molar-refractivity contribution in [3.8, 4) is 11.5 Å². The number of fused-ring (bicyclic) bond motifs is 1. The van der Waals surface area contributed by atoms with Crippen LogP contribution in [0.2, 0.25) is 0 Å². The van der Waals surface area contributed by atoms with Crippen LogP contribution < -0.4 is 5.73 Å². The van der Waals surface area contributed by atoms with Crippen molar-refractivity contribution in [3.05, 3.63) is 42.5 Å².